The van der Waals surface area contributed by atoms with Gasteiger partial charge in [0.2, 0.25) is 0 Å². The summed E-state index contributed by atoms with van der Waals surface area (Å²) in [5.74, 6) is -0.275. The van der Waals surface area contributed by atoms with Crippen LogP contribution >= 0.6 is 0 Å². The van der Waals surface area contributed by atoms with Crippen LogP contribution in [0.5, 0.6) is 0 Å². The first-order chi connectivity index (χ1) is 8.83. The normalized spacial score (nSPS) is 10.7. The van der Waals surface area contributed by atoms with Gasteiger partial charge in [-0.25, -0.2) is 4.79 Å². The van der Waals surface area contributed by atoms with Gasteiger partial charge in [-0.3, -0.25) is 0 Å². The number of ether oxygens (including phenoxy) is 2. The third kappa shape index (κ3) is 6.86. The third-order valence-corrected chi connectivity index (χ3v) is 2.31. The lowest BCUT2D eigenvalue weighted by molar-refractivity contribution is -0.137. The summed E-state index contributed by atoms with van der Waals surface area (Å²) in [4.78, 5) is 11.0. The number of unbranched alkanes of at least 4 members (excludes halogenated alkanes) is 1. The van der Waals surface area contributed by atoms with Crippen LogP contribution in [0.4, 0.5) is 0 Å². The molecule has 0 aliphatic heterocycles. The van der Waals surface area contributed by atoms with Crippen molar-refractivity contribution in [1.82, 2.24) is 0 Å². The highest BCUT2D eigenvalue weighted by molar-refractivity contribution is 5.81. The van der Waals surface area contributed by atoms with Gasteiger partial charge in [0.25, 0.3) is 0 Å². The molecule has 0 atom stereocenters. The van der Waals surface area contributed by atoms with Crippen molar-refractivity contribution in [3.8, 4) is 0 Å². The topological polar surface area (TPSA) is 35.5 Å². The number of carbonyl (C=O) groups is 1. The van der Waals surface area contributed by atoms with E-state index in [9.17, 15) is 4.79 Å². The van der Waals surface area contributed by atoms with Gasteiger partial charge in [-0.2, -0.15) is 0 Å². The van der Waals surface area contributed by atoms with Crippen molar-refractivity contribution in [1.29, 1.82) is 0 Å². The number of hydrogen-bond donors (Lipinski definition) is 0. The van der Waals surface area contributed by atoms with E-state index in [1.165, 1.54) is 11.6 Å². The van der Waals surface area contributed by atoms with Crippen molar-refractivity contribution in [3.63, 3.8) is 0 Å². The zero-order valence-electron chi connectivity index (χ0n) is 10.8. The molecule has 0 amide bonds. The fourth-order valence-electron chi connectivity index (χ4n) is 1.44. The number of allylic oxidation sites excluding steroid dienone is 1. The van der Waals surface area contributed by atoms with Crippen molar-refractivity contribution in [3.05, 3.63) is 48.0 Å². The predicted octanol–water partition coefficient (Wildman–Crippen LogP) is 3.10. The molecule has 0 N–H and O–H groups in total. The van der Waals surface area contributed by atoms with Gasteiger partial charge in [-0.1, -0.05) is 36.4 Å². The number of benzene rings is 1. The quantitative estimate of drug-likeness (QED) is 0.403. The second kappa shape index (κ2) is 9.42. The highest BCUT2D eigenvalue weighted by Gasteiger charge is 1.93. The Kier molecular flexibility index (Phi) is 7.57. The van der Waals surface area contributed by atoms with Crippen LogP contribution in [0.1, 0.15) is 25.3 Å². The molecule has 0 radical (unpaired) electrons. The fraction of sp³-hybridized carbons (Fsp3) is 0.400. The molecule has 1 aromatic carbocycles. The summed E-state index contributed by atoms with van der Waals surface area (Å²) in [5.41, 5.74) is 1.18. The summed E-state index contributed by atoms with van der Waals surface area (Å²) in [6, 6.07) is 10.1. The average molecular weight is 248 g/mol. The van der Waals surface area contributed by atoms with E-state index in [-0.39, 0.29) is 5.97 Å². The lowest BCUT2D eigenvalue weighted by atomic mass is 10.2. The largest absolute Gasteiger partial charge is 0.463 e. The van der Waals surface area contributed by atoms with E-state index >= 15 is 0 Å². The molecule has 0 bridgehead atoms. The predicted molar refractivity (Wildman–Crippen MR) is 71.1 cm³/mol. The maximum Gasteiger partial charge on any atom is 0.330 e. The van der Waals surface area contributed by atoms with Gasteiger partial charge in [0.15, 0.2) is 0 Å². The molecule has 0 aliphatic carbocycles. The van der Waals surface area contributed by atoms with E-state index in [0.29, 0.717) is 19.8 Å². The van der Waals surface area contributed by atoms with Gasteiger partial charge >= 0.3 is 5.97 Å². The second-order valence-corrected chi connectivity index (χ2v) is 3.83. The smallest absolute Gasteiger partial charge is 0.330 e. The first-order valence-electron chi connectivity index (χ1n) is 6.28. The van der Waals surface area contributed by atoms with Crippen molar-refractivity contribution >= 4 is 5.97 Å². The molecule has 18 heavy (non-hydrogen) atoms. The molecule has 3 heteroatoms. The van der Waals surface area contributed by atoms with Crippen molar-refractivity contribution in [2.45, 2.75) is 26.4 Å². The number of rotatable bonds is 8. The van der Waals surface area contributed by atoms with E-state index in [0.717, 1.165) is 12.8 Å². The van der Waals surface area contributed by atoms with Gasteiger partial charge in [0, 0.05) is 12.7 Å². The molecule has 0 fully saturated rings. The minimum Gasteiger partial charge on any atom is -0.463 e. The summed E-state index contributed by atoms with van der Waals surface area (Å²) in [6.07, 6.45) is 5.03. The molecule has 98 valence electrons. The molecular formula is C15H20O3. The molecule has 0 aliphatic rings. The minimum absolute atomic E-state index is 0.275. The lowest BCUT2D eigenvalue weighted by Crippen LogP contribution is -1.99. The zero-order valence-corrected chi connectivity index (χ0v) is 10.8. The Morgan fingerprint density at radius 2 is 2.06 bits per heavy atom. The van der Waals surface area contributed by atoms with Gasteiger partial charge in [-0.05, 0) is 25.3 Å². The van der Waals surface area contributed by atoms with Gasteiger partial charge in [0.1, 0.15) is 0 Å². The van der Waals surface area contributed by atoms with Crippen LogP contribution < -0.4 is 0 Å². The number of hydrogen-bond acceptors (Lipinski definition) is 3. The Morgan fingerprint density at radius 1 is 1.28 bits per heavy atom. The molecule has 3 nitrogen and oxygen atoms in total. The molecular weight excluding hydrogens is 228 g/mol. The maximum absolute atomic E-state index is 11.0. The van der Waals surface area contributed by atoms with Crippen LogP contribution in [-0.2, 0) is 20.9 Å². The Morgan fingerprint density at radius 3 is 2.78 bits per heavy atom. The van der Waals surface area contributed by atoms with Crippen LogP contribution in [0.15, 0.2) is 42.5 Å². The molecule has 1 rings (SSSR count). The van der Waals surface area contributed by atoms with E-state index in [1.54, 1.807) is 6.92 Å². The molecule has 0 aromatic heterocycles. The molecule has 1 aromatic rings. The van der Waals surface area contributed by atoms with Crippen LogP contribution in [0.2, 0.25) is 0 Å². The Labute approximate surface area is 108 Å². The lowest BCUT2D eigenvalue weighted by Gasteiger charge is -2.02. The van der Waals surface area contributed by atoms with Crippen LogP contribution in [0.3, 0.4) is 0 Å². The summed E-state index contributed by atoms with van der Waals surface area (Å²) >= 11 is 0. The van der Waals surface area contributed by atoms with Crippen LogP contribution in [-0.4, -0.2) is 19.2 Å². The molecule has 0 heterocycles. The summed E-state index contributed by atoms with van der Waals surface area (Å²) in [5, 5.41) is 0. The maximum atomic E-state index is 11.0. The fourth-order valence-corrected chi connectivity index (χ4v) is 1.44. The number of esters is 1. The summed E-state index contributed by atoms with van der Waals surface area (Å²) in [6.45, 7) is 3.55. The SMILES string of the molecule is CCOC(=O)C=CCCCOCc1ccccc1. The zero-order chi connectivity index (χ0) is 13.1. The molecule has 0 saturated carbocycles. The van der Waals surface area contributed by atoms with Crippen LogP contribution in [0.25, 0.3) is 0 Å². The van der Waals surface area contributed by atoms with Crippen molar-refractivity contribution < 1.29 is 14.3 Å². The molecule has 0 spiro atoms. The Hall–Kier alpha value is -1.61. The van der Waals surface area contributed by atoms with Gasteiger partial charge in [-0.15, -0.1) is 0 Å². The van der Waals surface area contributed by atoms with E-state index in [2.05, 4.69) is 0 Å². The molecule has 0 unspecified atom stereocenters. The molecule has 0 saturated heterocycles. The second-order valence-electron chi connectivity index (χ2n) is 3.83. The first-order valence-corrected chi connectivity index (χ1v) is 6.28. The standard InChI is InChI=1S/C15H20O3/c1-2-18-15(16)11-7-4-8-12-17-13-14-9-5-3-6-10-14/h3,5-7,9-11H,2,4,8,12-13H2,1H3. The third-order valence-electron chi connectivity index (χ3n) is 2.31. The monoisotopic (exact) mass is 248 g/mol. The highest BCUT2D eigenvalue weighted by atomic mass is 16.5. The van der Waals surface area contributed by atoms with Gasteiger partial charge in [0.05, 0.1) is 13.2 Å². The summed E-state index contributed by atoms with van der Waals surface area (Å²) in [7, 11) is 0. The van der Waals surface area contributed by atoms with E-state index in [1.807, 2.05) is 36.4 Å². The Bertz CT molecular complexity index is 357. The van der Waals surface area contributed by atoms with Crippen LogP contribution in [0, 0.1) is 0 Å². The first kappa shape index (κ1) is 14.5. The van der Waals surface area contributed by atoms with E-state index < -0.39 is 0 Å². The average Bonchev–Trinajstić information content (AvgIpc) is 2.39. The van der Waals surface area contributed by atoms with Gasteiger partial charge < -0.3 is 9.47 Å². The summed E-state index contributed by atoms with van der Waals surface area (Å²) < 4.78 is 10.3. The highest BCUT2D eigenvalue weighted by Crippen LogP contribution is 2.01. The Balaban J connectivity index is 2.01. The van der Waals surface area contributed by atoms with Crippen molar-refractivity contribution in [2.75, 3.05) is 13.2 Å². The minimum atomic E-state index is -0.275. The van der Waals surface area contributed by atoms with Crippen molar-refractivity contribution in [2.24, 2.45) is 0 Å². The van der Waals surface area contributed by atoms with E-state index in [4.69, 9.17) is 9.47 Å². The number of carbonyl (C=O) groups excluding carboxylic acids is 1.